The van der Waals surface area contributed by atoms with E-state index in [4.69, 9.17) is 11.6 Å². The van der Waals surface area contributed by atoms with Crippen molar-refractivity contribution < 1.29 is 9.59 Å². The van der Waals surface area contributed by atoms with Crippen molar-refractivity contribution in [2.24, 2.45) is 0 Å². The average Bonchev–Trinajstić information content (AvgIpc) is 3.48. The number of halogens is 1. The van der Waals surface area contributed by atoms with Crippen LogP contribution in [0.5, 0.6) is 0 Å². The van der Waals surface area contributed by atoms with Crippen LogP contribution in [0.4, 0.5) is 17.3 Å². The first kappa shape index (κ1) is 22.9. The van der Waals surface area contributed by atoms with Crippen molar-refractivity contribution in [3.63, 3.8) is 0 Å². The molecule has 35 heavy (non-hydrogen) atoms. The minimum absolute atomic E-state index is 0.0285. The molecule has 0 aliphatic carbocycles. The Labute approximate surface area is 206 Å². The van der Waals surface area contributed by atoms with Crippen molar-refractivity contribution in [3.05, 3.63) is 64.7 Å². The van der Waals surface area contributed by atoms with E-state index in [0.717, 1.165) is 48.5 Å². The van der Waals surface area contributed by atoms with Crippen molar-refractivity contribution in [2.45, 2.75) is 6.92 Å². The number of rotatable bonds is 5. The van der Waals surface area contributed by atoms with Gasteiger partial charge in [-0.05, 0) is 49.9 Å². The zero-order chi connectivity index (χ0) is 24.5. The number of carbonyl (C=O) groups excluding carboxylic acids is 2. The van der Waals surface area contributed by atoms with E-state index >= 15 is 0 Å². The number of aryl methyl sites for hydroxylation is 1. The van der Waals surface area contributed by atoms with E-state index in [0.29, 0.717) is 10.7 Å². The summed E-state index contributed by atoms with van der Waals surface area (Å²) in [7, 11) is 2.12. The third kappa shape index (κ3) is 4.84. The summed E-state index contributed by atoms with van der Waals surface area (Å²) in [6, 6.07) is 11.2. The number of piperazine rings is 1. The predicted molar refractivity (Wildman–Crippen MR) is 136 cm³/mol. The molecule has 4 N–H and O–H groups in total. The predicted octanol–water partition coefficient (Wildman–Crippen LogP) is 3.50. The molecule has 0 atom stereocenters. The Bertz CT molecular complexity index is 1400. The number of nitrogens with zero attached hydrogens (tertiary/aromatic N) is 4. The Morgan fingerprint density at radius 3 is 2.63 bits per heavy atom. The molecule has 10 nitrogen and oxygen atoms in total. The Balaban J connectivity index is 1.31. The number of fused-ring (bicyclic) bond motifs is 1. The summed E-state index contributed by atoms with van der Waals surface area (Å²) in [6.07, 6.45) is 1.30. The minimum Gasteiger partial charge on any atom is -0.369 e. The third-order valence-electron chi connectivity index (χ3n) is 6.10. The molecule has 0 saturated carbocycles. The van der Waals surface area contributed by atoms with Crippen molar-refractivity contribution in [1.82, 2.24) is 24.8 Å². The Morgan fingerprint density at radius 1 is 1.03 bits per heavy atom. The molecule has 1 aliphatic heterocycles. The molecule has 5 rings (SSSR count). The van der Waals surface area contributed by atoms with Crippen LogP contribution >= 0.6 is 11.6 Å². The van der Waals surface area contributed by atoms with E-state index in [1.165, 1.54) is 6.33 Å². The smallest absolute Gasteiger partial charge is 0.276 e. The van der Waals surface area contributed by atoms with Crippen LogP contribution in [0, 0.1) is 6.92 Å². The van der Waals surface area contributed by atoms with E-state index in [1.807, 2.05) is 25.1 Å². The fourth-order valence-electron chi connectivity index (χ4n) is 4.04. The molecular weight excluding hydrogens is 468 g/mol. The molecule has 0 bridgehead atoms. The molecule has 2 amide bonds. The molecule has 2 aromatic heterocycles. The lowest BCUT2D eigenvalue weighted by molar-refractivity contribution is 0.0985. The number of aromatic nitrogens is 4. The van der Waals surface area contributed by atoms with Crippen LogP contribution in [0.3, 0.4) is 0 Å². The lowest BCUT2D eigenvalue weighted by Crippen LogP contribution is -2.44. The van der Waals surface area contributed by atoms with E-state index in [-0.39, 0.29) is 17.3 Å². The molecule has 0 radical (unpaired) electrons. The van der Waals surface area contributed by atoms with Gasteiger partial charge in [0.2, 0.25) is 5.95 Å². The SMILES string of the molecule is Cc1ccc(Cl)cc1NC(=O)c1nc[nH]c1C(=O)Nc1nc2ccc(N3CCN(C)CC3)cc2[nH]1. The van der Waals surface area contributed by atoms with Crippen LogP contribution in [0.25, 0.3) is 11.0 Å². The molecule has 11 heteroatoms. The molecule has 0 unspecified atom stereocenters. The second-order valence-electron chi connectivity index (χ2n) is 8.57. The zero-order valence-corrected chi connectivity index (χ0v) is 20.1. The number of nitrogens with one attached hydrogen (secondary N) is 4. The molecule has 2 aromatic carbocycles. The van der Waals surface area contributed by atoms with Gasteiger partial charge in [0.05, 0.1) is 17.4 Å². The van der Waals surface area contributed by atoms with Crippen molar-refractivity contribution in [2.75, 3.05) is 48.8 Å². The van der Waals surface area contributed by atoms with Gasteiger partial charge in [-0.15, -0.1) is 0 Å². The summed E-state index contributed by atoms with van der Waals surface area (Å²) >= 11 is 6.04. The molecule has 1 saturated heterocycles. The highest BCUT2D eigenvalue weighted by Crippen LogP contribution is 2.24. The van der Waals surface area contributed by atoms with Gasteiger partial charge in [0, 0.05) is 42.6 Å². The first-order valence-electron chi connectivity index (χ1n) is 11.2. The Hall–Kier alpha value is -3.89. The third-order valence-corrected chi connectivity index (χ3v) is 6.33. The normalized spacial score (nSPS) is 14.3. The van der Waals surface area contributed by atoms with Gasteiger partial charge in [-0.3, -0.25) is 14.9 Å². The number of aromatic amines is 2. The highest BCUT2D eigenvalue weighted by Gasteiger charge is 2.22. The van der Waals surface area contributed by atoms with Crippen LogP contribution in [0.1, 0.15) is 26.5 Å². The summed E-state index contributed by atoms with van der Waals surface area (Å²) in [5.41, 5.74) is 4.03. The number of amides is 2. The quantitative estimate of drug-likeness (QED) is 0.338. The Morgan fingerprint density at radius 2 is 1.83 bits per heavy atom. The maximum absolute atomic E-state index is 12.9. The summed E-state index contributed by atoms with van der Waals surface area (Å²) in [5.74, 6) is -0.774. The van der Waals surface area contributed by atoms with Gasteiger partial charge >= 0.3 is 0 Å². The second-order valence-corrected chi connectivity index (χ2v) is 9.01. The van der Waals surface area contributed by atoms with Crippen LogP contribution in [-0.4, -0.2) is 69.9 Å². The summed E-state index contributed by atoms with van der Waals surface area (Å²) in [4.78, 5) is 44.8. The van der Waals surface area contributed by atoms with Gasteiger partial charge in [-0.25, -0.2) is 9.97 Å². The standard InChI is InChI=1S/C24H25ClN8O2/c1-14-3-4-15(25)11-18(14)28-22(34)20-21(27-13-26-20)23(35)31-24-29-17-6-5-16(12-19(17)30-24)33-9-7-32(2)8-10-33/h3-6,11-13H,7-10H2,1-2H3,(H,26,27)(H,28,34)(H2,29,30,31,35). The lowest BCUT2D eigenvalue weighted by Gasteiger charge is -2.34. The summed E-state index contributed by atoms with van der Waals surface area (Å²) < 4.78 is 0. The van der Waals surface area contributed by atoms with Gasteiger partial charge in [0.1, 0.15) is 5.69 Å². The highest BCUT2D eigenvalue weighted by atomic mass is 35.5. The summed E-state index contributed by atoms with van der Waals surface area (Å²) in [5, 5.41) is 5.97. The van der Waals surface area contributed by atoms with E-state index in [2.05, 4.69) is 47.4 Å². The van der Waals surface area contributed by atoms with Crippen molar-refractivity contribution >= 4 is 51.8 Å². The van der Waals surface area contributed by atoms with Gasteiger partial charge in [0.15, 0.2) is 5.69 Å². The van der Waals surface area contributed by atoms with E-state index in [1.54, 1.807) is 18.2 Å². The second kappa shape index (κ2) is 9.40. The van der Waals surface area contributed by atoms with E-state index in [9.17, 15) is 9.59 Å². The highest BCUT2D eigenvalue weighted by molar-refractivity contribution is 6.31. The van der Waals surface area contributed by atoms with Crippen LogP contribution in [-0.2, 0) is 0 Å². The molecule has 4 aromatic rings. The van der Waals surface area contributed by atoms with Gasteiger partial charge in [0.25, 0.3) is 11.8 Å². The number of carbonyl (C=O) groups is 2. The number of H-pyrrole nitrogens is 2. The van der Waals surface area contributed by atoms with Gasteiger partial charge in [-0.2, -0.15) is 0 Å². The average molecular weight is 493 g/mol. The molecule has 180 valence electrons. The van der Waals surface area contributed by atoms with Crippen LogP contribution in [0.15, 0.2) is 42.7 Å². The number of anilines is 3. The van der Waals surface area contributed by atoms with Crippen molar-refractivity contribution in [1.29, 1.82) is 0 Å². The first-order chi connectivity index (χ1) is 16.9. The fourth-order valence-corrected chi connectivity index (χ4v) is 4.21. The van der Waals surface area contributed by atoms with E-state index < -0.39 is 11.8 Å². The van der Waals surface area contributed by atoms with Crippen LogP contribution < -0.4 is 15.5 Å². The number of imidazole rings is 2. The largest absolute Gasteiger partial charge is 0.369 e. The first-order valence-corrected chi connectivity index (χ1v) is 11.6. The van der Waals surface area contributed by atoms with Crippen LogP contribution in [0.2, 0.25) is 5.02 Å². The number of benzene rings is 2. The maximum atomic E-state index is 12.9. The monoisotopic (exact) mass is 492 g/mol. The minimum atomic E-state index is -0.534. The lowest BCUT2D eigenvalue weighted by atomic mass is 10.2. The molecular formula is C24H25ClN8O2. The molecule has 1 fully saturated rings. The number of likely N-dealkylation sites (N-methyl/N-ethyl adjacent to an activating group) is 1. The topological polar surface area (TPSA) is 122 Å². The van der Waals surface area contributed by atoms with Gasteiger partial charge < -0.3 is 25.1 Å². The Kier molecular flexibility index (Phi) is 6.14. The number of hydrogen-bond acceptors (Lipinski definition) is 6. The fraction of sp³-hybridized carbons (Fsp3) is 0.250. The zero-order valence-electron chi connectivity index (χ0n) is 19.4. The van der Waals surface area contributed by atoms with Crippen molar-refractivity contribution in [3.8, 4) is 0 Å². The molecule has 0 spiro atoms. The number of hydrogen-bond donors (Lipinski definition) is 4. The van der Waals surface area contributed by atoms with Gasteiger partial charge in [-0.1, -0.05) is 17.7 Å². The maximum Gasteiger partial charge on any atom is 0.276 e. The molecule has 3 heterocycles. The molecule has 1 aliphatic rings. The summed E-state index contributed by atoms with van der Waals surface area (Å²) in [6.45, 7) is 5.79.